The van der Waals surface area contributed by atoms with E-state index < -0.39 is 0 Å². The number of benzene rings is 1. The molecule has 0 aliphatic carbocycles. The molecule has 94 valence electrons. The van der Waals surface area contributed by atoms with Gasteiger partial charge in [0.15, 0.2) is 0 Å². The van der Waals surface area contributed by atoms with Crippen LogP contribution in [-0.4, -0.2) is 24.0 Å². The molecule has 1 aromatic rings. The summed E-state index contributed by atoms with van der Waals surface area (Å²) < 4.78 is 2.00. The van der Waals surface area contributed by atoms with Crippen LogP contribution in [0.5, 0.6) is 0 Å². The third kappa shape index (κ3) is 2.83. The topological polar surface area (TPSA) is 39.8 Å². The van der Waals surface area contributed by atoms with E-state index in [-0.39, 0.29) is 0 Å². The summed E-state index contributed by atoms with van der Waals surface area (Å²) in [6, 6.07) is 7.97. The molecule has 1 aliphatic rings. The molecule has 0 spiro atoms. The third-order valence-corrected chi connectivity index (χ3v) is 2.88. The molecule has 0 fully saturated rings. The van der Waals surface area contributed by atoms with Gasteiger partial charge in [0.1, 0.15) is 5.69 Å². The SMILES string of the molecule is CCNc1ccc(N=NC2=[N+](C)C=CC2C)cc1. The van der Waals surface area contributed by atoms with E-state index in [1.807, 2.05) is 42.1 Å². The quantitative estimate of drug-likeness (QED) is 0.641. The first-order chi connectivity index (χ1) is 8.70. The lowest BCUT2D eigenvalue weighted by atomic mass is 10.2. The Hall–Kier alpha value is -1.97. The van der Waals surface area contributed by atoms with Crippen LogP contribution in [0.25, 0.3) is 0 Å². The summed E-state index contributed by atoms with van der Waals surface area (Å²) in [5.74, 6) is 1.31. The Bertz CT molecular complexity index is 497. The molecule has 2 rings (SSSR count). The standard InChI is InChI=1S/C14H18N4/c1-4-15-12-5-7-13(8-6-12)16-17-14-11(2)9-10-18(14)3/h5-11H,4H2,1-3H3/p+1. The summed E-state index contributed by atoms with van der Waals surface area (Å²) in [7, 11) is 1.99. The molecule has 0 saturated carbocycles. The second-order valence-corrected chi connectivity index (χ2v) is 4.38. The van der Waals surface area contributed by atoms with Crippen LogP contribution in [-0.2, 0) is 0 Å². The van der Waals surface area contributed by atoms with Crippen molar-refractivity contribution in [2.24, 2.45) is 16.1 Å². The number of amidine groups is 1. The molecule has 0 saturated heterocycles. The number of hydrogen-bond acceptors (Lipinski definition) is 3. The van der Waals surface area contributed by atoms with Crippen LogP contribution in [0.4, 0.5) is 11.4 Å². The number of anilines is 1. The molecule has 0 amide bonds. The molecule has 4 nitrogen and oxygen atoms in total. The van der Waals surface area contributed by atoms with E-state index >= 15 is 0 Å². The highest BCUT2D eigenvalue weighted by Gasteiger charge is 2.22. The van der Waals surface area contributed by atoms with Gasteiger partial charge in [-0.3, -0.25) is 0 Å². The van der Waals surface area contributed by atoms with Gasteiger partial charge in [-0.1, -0.05) is 0 Å². The first kappa shape index (κ1) is 12.5. The molecule has 4 heteroatoms. The van der Waals surface area contributed by atoms with Crippen molar-refractivity contribution in [2.45, 2.75) is 13.8 Å². The van der Waals surface area contributed by atoms with Crippen molar-refractivity contribution in [3.63, 3.8) is 0 Å². The molecule has 1 unspecified atom stereocenters. The Labute approximate surface area is 108 Å². The number of nitrogens with one attached hydrogen (secondary N) is 1. The molecule has 18 heavy (non-hydrogen) atoms. The van der Waals surface area contributed by atoms with E-state index in [0.717, 1.165) is 23.8 Å². The van der Waals surface area contributed by atoms with Crippen molar-refractivity contribution in [1.29, 1.82) is 0 Å². The molecule has 0 radical (unpaired) electrons. The summed E-state index contributed by atoms with van der Waals surface area (Å²) in [6.45, 7) is 5.12. The van der Waals surface area contributed by atoms with Crippen LogP contribution in [0, 0.1) is 5.92 Å². The average molecular weight is 243 g/mol. The summed E-state index contributed by atoms with van der Waals surface area (Å²) in [5.41, 5.74) is 1.98. The van der Waals surface area contributed by atoms with E-state index in [0.29, 0.717) is 5.92 Å². The summed E-state index contributed by atoms with van der Waals surface area (Å²) in [6.07, 6.45) is 4.13. The van der Waals surface area contributed by atoms with Crippen molar-refractivity contribution >= 4 is 17.2 Å². The molecule has 1 aromatic carbocycles. The number of azo groups is 1. The molecule has 1 atom stereocenters. The van der Waals surface area contributed by atoms with Crippen molar-refractivity contribution < 1.29 is 4.58 Å². The van der Waals surface area contributed by atoms with Gasteiger partial charge in [-0.2, -0.15) is 0 Å². The highest BCUT2D eigenvalue weighted by Crippen LogP contribution is 2.18. The van der Waals surface area contributed by atoms with Crippen molar-refractivity contribution in [2.75, 3.05) is 18.9 Å². The lowest BCUT2D eigenvalue weighted by Crippen LogP contribution is -2.10. The van der Waals surface area contributed by atoms with Gasteiger partial charge in [-0.05, 0) is 49.3 Å². The van der Waals surface area contributed by atoms with Gasteiger partial charge in [0, 0.05) is 12.2 Å². The lowest BCUT2D eigenvalue weighted by Gasteiger charge is -2.01. The summed E-state index contributed by atoms with van der Waals surface area (Å²) in [5, 5.41) is 11.8. The van der Waals surface area contributed by atoms with Crippen LogP contribution in [0.1, 0.15) is 13.8 Å². The molecule has 1 aliphatic heterocycles. The van der Waals surface area contributed by atoms with Gasteiger partial charge >= 0.3 is 5.84 Å². The van der Waals surface area contributed by atoms with Gasteiger partial charge in [0.2, 0.25) is 0 Å². The molecular formula is C14H19N4+. The maximum atomic E-state index is 4.32. The summed E-state index contributed by atoms with van der Waals surface area (Å²) in [4.78, 5) is 0. The fraction of sp³-hybridized carbons (Fsp3) is 0.357. The highest BCUT2D eigenvalue weighted by molar-refractivity contribution is 5.83. The first-order valence-electron chi connectivity index (χ1n) is 6.24. The van der Waals surface area contributed by atoms with E-state index in [1.165, 1.54) is 0 Å². The number of hydrogen-bond donors (Lipinski definition) is 1. The zero-order chi connectivity index (χ0) is 13.0. The zero-order valence-electron chi connectivity index (χ0n) is 11.1. The Kier molecular flexibility index (Phi) is 3.87. The van der Waals surface area contributed by atoms with Gasteiger partial charge in [-0.25, -0.2) is 4.58 Å². The Morgan fingerprint density at radius 1 is 1.22 bits per heavy atom. The van der Waals surface area contributed by atoms with Crippen molar-refractivity contribution in [3.05, 3.63) is 36.5 Å². The van der Waals surface area contributed by atoms with E-state index in [9.17, 15) is 0 Å². The molecule has 1 N–H and O–H groups in total. The predicted molar refractivity (Wildman–Crippen MR) is 74.6 cm³/mol. The number of nitrogens with zero attached hydrogens (tertiary/aromatic N) is 3. The zero-order valence-corrected chi connectivity index (χ0v) is 11.1. The van der Waals surface area contributed by atoms with E-state index in [2.05, 4.69) is 35.5 Å². The smallest absolute Gasteiger partial charge is 0.332 e. The summed E-state index contributed by atoms with van der Waals surface area (Å²) >= 11 is 0. The molecule has 0 bridgehead atoms. The minimum atomic E-state index is 0.333. The van der Waals surface area contributed by atoms with Gasteiger partial charge < -0.3 is 5.32 Å². The monoisotopic (exact) mass is 243 g/mol. The minimum Gasteiger partial charge on any atom is -0.385 e. The molecule has 1 heterocycles. The maximum absolute atomic E-state index is 4.32. The van der Waals surface area contributed by atoms with E-state index in [4.69, 9.17) is 0 Å². The van der Waals surface area contributed by atoms with Crippen molar-refractivity contribution in [1.82, 2.24) is 0 Å². The first-order valence-corrected chi connectivity index (χ1v) is 6.24. The van der Waals surface area contributed by atoms with Crippen molar-refractivity contribution in [3.8, 4) is 0 Å². The van der Waals surface area contributed by atoms with Gasteiger partial charge in [0.25, 0.3) is 0 Å². The maximum Gasteiger partial charge on any atom is 0.332 e. The fourth-order valence-electron chi connectivity index (χ4n) is 1.86. The molecular weight excluding hydrogens is 224 g/mol. The second-order valence-electron chi connectivity index (χ2n) is 4.38. The Balaban J connectivity index is 2.08. The Morgan fingerprint density at radius 2 is 1.94 bits per heavy atom. The third-order valence-electron chi connectivity index (χ3n) is 2.88. The Morgan fingerprint density at radius 3 is 2.50 bits per heavy atom. The van der Waals surface area contributed by atoms with Gasteiger partial charge in [0.05, 0.1) is 24.3 Å². The molecule has 0 aromatic heterocycles. The lowest BCUT2D eigenvalue weighted by molar-refractivity contribution is -0.420. The number of rotatable bonds is 3. The minimum absolute atomic E-state index is 0.333. The second kappa shape index (κ2) is 5.58. The van der Waals surface area contributed by atoms with Crippen LogP contribution in [0.2, 0.25) is 0 Å². The van der Waals surface area contributed by atoms with Crippen LogP contribution >= 0.6 is 0 Å². The van der Waals surface area contributed by atoms with Crippen LogP contribution in [0.15, 0.2) is 46.8 Å². The predicted octanol–water partition coefficient (Wildman–Crippen LogP) is 3.41. The van der Waals surface area contributed by atoms with Gasteiger partial charge in [-0.15, -0.1) is 0 Å². The fourth-order valence-corrected chi connectivity index (χ4v) is 1.86. The van der Waals surface area contributed by atoms with E-state index in [1.54, 1.807) is 0 Å². The van der Waals surface area contributed by atoms with Crippen LogP contribution < -0.4 is 5.32 Å². The normalized spacial score (nSPS) is 18.9. The largest absolute Gasteiger partial charge is 0.385 e. The highest BCUT2D eigenvalue weighted by atomic mass is 15.2. The average Bonchev–Trinajstić information content (AvgIpc) is 2.69. The van der Waals surface area contributed by atoms with Crippen LogP contribution in [0.3, 0.4) is 0 Å².